The van der Waals surface area contributed by atoms with Crippen molar-refractivity contribution in [1.82, 2.24) is 24.8 Å². The molecule has 4 rings (SSSR count). The highest BCUT2D eigenvalue weighted by molar-refractivity contribution is 5.93. The largest absolute Gasteiger partial charge is 0.342 e. The number of halogens is 2. The predicted octanol–water partition coefficient (Wildman–Crippen LogP) is 3.35. The summed E-state index contributed by atoms with van der Waals surface area (Å²) in [6, 6.07) is 6.52. The standard InChI is InChI=1S/C21H23F2N5O/c1-21(2,27-11-3-4-12-27)19(14-5-6-15(22)16(23)13-14)26-20(29)17-7-9-24-18-8-10-25-28(17)18/h5-10,13,19H,3-4,11-12H2,1-2H3,(H,26,29). The molecule has 0 radical (unpaired) electrons. The lowest BCUT2D eigenvalue weighted by Crippen LogP contribution is -2.53. The molecule has 0 bridgehead atoms. The van der Waals surface area contributed by atoms with Crippen LogP contribution in [0.4, 0.5) is 8.78 Å². The summed E-state index contributed by atoms with van der Waals surface area (Å²) in [6.45, 7) is 5.81. The van der Waals surface area contributed by atoms with E-state index in [1.165, 1.54) is 10.6 Å². The van der Waals surface area contributed by atoms with Crippen molar-refractivity contribution >= 4 is 11.6 Å². The molecule has 0 aliphatic carbocycles. The van der Waals surface area contributed by atoms with Crippen molar-refractivity contribution in [2.75, 3.05) is 13.1 Å². The summed E-state index contributed by atoms with van der Waals surface area (Å²) in [5.74, 6) is -2.20. The predicted molar refractivity (Wildman–Crippen MR) is 104 cm³/mol. The fourth-order valence-electron chi connectivity index (χ4n) is 4.05. The van der Waals surface area contributed by atoms with Crippen LogP contribution >= 0.6 is 0 Å². The van der Waals surface area contributed by atoms with Crippen LogP contribution < -0.4 is 5.32 Å². The number of benzene rings is 1. The third-order valence-electron chi connectivity index (χ3n) is 5.70. The highest BCUT2D eigenvalue weighted by Gasteiger charge is 2.39. The summed E-state index contributed by atoms with van der Waals surface area (Å²) >= 11 is 0. The number of nitrogens with zero attached hydrogens (tertiary/aromatic N) is 4. The van der Waals surface area contributed by atoms with E-state index in [1.807, 2.05) is 13.8 Å². The molecule has 1 atom stereocenters. The Bertz CT molecular complexity index is 1040. The normalized spacial score (nSPS) is 16.3. The summed E-state index contributed by atoms with van der Waals surface area (Å²) in [6.07, 6.45) is 5.25. The number of carbonyl (C=O) groups is 1. The third-order valence-corrected chi connectivity index (χ3v) is 5.70. The van der Waals surface area contributed by atoms with Crippen LogP contribution in [0.1, 0.15) is 48.8 Å². The number of aromatic nitrogens is 3. The summed E-state index contributed by atoms with van der Waals surface area (Å²) in [7, 11) is 0. The minimum Gasteiger partial charge on any atom is -0.342 e. The molecule has 1 unspecified atom stereocenters. The Kier molecular flexibility index (Phi) is 5.04. The average molecular weight is 399 g/mol. The van der Waals surface area contributed by atoms with Gasteiger partial charge in [-0.15, -0.1) is 0 Å². The Morgan fingerprint density at radius 2 is 1.86 bits per heavy atom. The number of hydrogen-bond donors (Lipinski definition) is 1. The van der Waals surface area contributed by atoms with E-state index >= 15 is 0 Å². The summed E-state index contributed by atoms with van der Waals surface area (Å²) in [5.41, 5.74) is 0.887. The fourth-order valence-corrected chi connectivity index (χ4v) is 4.05. The lowest BCUT2D eigenvalue weighted by Gasteiger charge is -2.42. The molecule has 1 aliphatic rings. The van der Waals surface area contributed by atoms with E-state index in [4.69, 9.17) is 0 Å². The third kappa shape index (κ3) is 3.60. The van der Waals surface area contributed by atoms with Gasteiger partial charge in [-0.3, -0.25) is 9.69 Å². The molecule has 3 heterocycles. The Balaban J connectivity index is 1.72. The maximum absolute atomic E-state index is 14.0. The number of amides is 1. The van der Waals surface area contributed by atoms with Gasteiger partial charge in [-0.05, 0) is 63.5 Å². The number of hydrogen-bond acceptors (Lipinski definition) is 4. The first-order valence-electron chi connectivity index (χ1n) is 9.67. The highest BCUT2D eigenvalue weighted by Crippen LogP contribution is 2.34. The molecular formula is C21H23F2N5O. The summed E-state index contributed by atoms with van der Waals surface area (Å²) < 4.78 is 29.0. The Labute approximate surface area is 167 Å². The molecule has 1 aliphatic heterocycles. The van der Waals surface area contributed by atoms with E-state index in [-0.39, 0.29) is 5.91 Å². The summed E-state index contributed by atoms with van der Waals surface area (Å²) in [4.78, 5) is 19.6. The second kappa shape index (κ2) is 7.51. The van der Waals surface area contributed by atoms with Gasteiger partial charge in [0, 0.05) is 17.8 Å². The zero-order valence-electron chi connectivity index (χ0n) is 16.4. The zero-order valence-corrected chi connectivity index (χ0v) is 16.4. The van der Waals surface area contributed by atoms with E-state index in [2.05, 4.69) is 20.3 Å². The van der Waals surface area contributed by atoms with E-state index in [9.17, 15) is 13.6 Å². The van der Waals surface area contributed by atoms with Gasteiger partial charge in [0.05, 0.1) is 12.2 Å². The number of likely N-dealkylation sites (tertiary alicyclic amines) is 1. The molecule has 0 saturated carbocycles. The molecule has 0 spiro atoms. The van der Waals surface area contributed by atoms with Gasteiger partial charge in [0.15, 0.2) is 17.3 Å². The van der Waals surface area contributed by atoms with Crippen LogP contribution in [0.15, 0.2) is 42.7 Å². The van der Waals surface area contributed by atoms with Crippen molar-refractivity contribution in [3.63, 3.8) is 0 Å². The first-order chi connectivity index (χ1) is 13.9. The van der Waals surface area contributed by atoms with E-state index in [0.717, 1.165) is 38.1 Å². The number of nitrogens with one attached hydrogen (secondary N) is 1. The van der Waals surface area contributed by atoms with Crippen molar-refractivity contribution < 1.29 is 13.6 Å². The van der Waals surface area contributed by atoms with Crippen LogP contribution in [0.5, 0.6) is 0 Å². The fraction of sp³-hybridized carbons (Fsp3) is 0.381. The molecule has 3 aromatic rings. The lowest BCUT2D eigenvalue weighted by molar-refractivity contribution is 0.0771. The zero-order chi connectivity index (χ0) is 20.6. The second-order valence-corrected chi connectivity index (χ2v) is 7.86. The smallest absolute Gasteiger partial charge is 0.270 e. The molecule has 1 aromatic carbocycles. The van der Waals surface area contributed by atoms with Gasteiger partial charge in [0.2, 0.25) is 0 Å². The first-order valence-corrected chi connectivity index (χ1v) is 9.67. The first kappa shape index (κ1) is 19.4. The van der Waals surface area contributed by atoms with Gasteiger partial charge in [-0.25, -0.2) is 18.3 Å². The van der Waals surface area contributed by atoms with Gasteiger partial charge < -0.3 is 5.32 Å². The van der Waals surface area contributed by atoms with Gasteiger partial charge in [-0.2, -0.15) is 5.10 Å². The molecule has 1 fully saturated rings. The molecule has 8 heteroatoms. The Morgan fingerprint density at radius 1 is 1.10 bits per heavy atom. The number of fused-ring (bicyclic) bond motifs is 1. The molecule has 6 nitrogen and oxygen atoms in total. The molecule has 1 N–H and O–H groups in total. The van der Waals surface area contributed by atoms with Crippen molar-refractivity contribution in [2.24, 2.45) is 0 Å². The molecule has 29 heavy (non-hydrogen) atoms. The lowest BCUT2D eigenvalue weighted by atomic mass is 9.86. The maximum atomic E-state index is 14.0. The topological polar surface area (TPSA) is 62.5 Å². The van der Waals surface area contributed by atoms with Crippen molar-refractivity contribution in [3.05, 3.63) is 65.6 Å². The summed E-state index contributed by atoms with van der Waals surface area (Å²) in [5, 5.41) is 7.20. The molecular weight excluding hydrogens is 376 g/mol. The SMILES string of the molecule is CC(C)(C(NC(=O)c1ccnc2ccnn12)c1ccc(F)c(F)c1)N1CCCC1. The van der Waals surface area contributed by atoms with Crippen molar-refractivity contribution in [1.29, 1.82) is 0 Å². The average Bonchev–Trinajstić information content (AvgIpc) is 3.39. The van der Waals surface area contributed by atoms with Crippen molar-refractivity contribution in [3.8, 4) is 0 Å². The molecule has 2 aromatic heterocycles. The van der Waals surface area contributed by atoms with Crippen LogP contribution in [-0.4, -0.2) is 44.0 Å². The van der Waals surface area contributed by atoms with Crippen LogP contribution in [0.3, 0.4) is 0 Å². The number of rotatable bonds is 5. The van der Waals surface area contributed by atoms with Gasteiger partial charge in [-0.1, -0.05) is 6.07 Å². The van der Waals surface area contributed by atoms with Crippen LogP contribution in [0, 0.1) is 11.6 Å². The molecule has 1 amide bonds. The van der Waals surface area contributed by atoms with E-state index in [1.54, 1.807) is 24.5 Å². The Hall–Kier alpha value is -2.87. The molecule has 1 saturated heterocycles. The van der Waals surface area contributed by atoms with Crippen LogP contribution in [0.25, 0.3) is 5.65 Å². The highest BCUT2D eigenvalue weighted by atomic mass is 19.2. The van der Waals surface area contributed by atoms with Crippen molar-refractivity contribution in [2.45, 2.75) is 38.3 Å². The van der Waals surface area contributed by atoms with Crippen LogP contribution in [-0.2, 0) is 0 Å². The number of carbonyl (C=O) groups excluding carboxylic acids is 1. The Morgan fingerprint density at radius 3 is 2.59 bits per heavy atom. The van der Waals surface area contributed by atoms with Gasteiger partial charge in [0.25, 0.3) is 5.91 Å². The maximum Gasteiger partial charge on any atom is 0.270 e. The minimum absolute atomic E-state index is 0.324. The van der Waals surface area contributed by atoms with Gasteiger partial charge >= 0.3 is 0 Å². The monoisotopic (exact) mass is 399 g/mol. The quantitative estimate of drug-likeness (QED) is 0.715. The van der Waals surface area contributed by atoms with Crippen LogP contribution in [0.2, 0.25) is 0 Å². The second-order valence-electron chi connectivity index (χ2n) is 7.86. The molecule has 152 valence electrons. The van der Waals surface area contributed by atoms with E-state index in [0.29, 0.717) is 16.9 Å². The van der Waals surface area contributed by atoms with E-state index < -0.39 is 23.2 Å². The van der Waals surface area contributed by atoms with Gasteiger partial charge in [0.1, 0.15) is 5.69 Å². The minimum atomic E-state index is -0.933.